The van der Waals surface area contributed by atoms with Crippen molar-refractivity contribution in [3.63, 3.8) is 0 Å². The molecule has 0 bridgehead atoms. The molecule has 11 heteroatoms. The predicted octanol–water partition coefficient (Wildman–Crippen LogP) is 8.10. The highest BCUT2D eigenvalue weighted by molar-refractivity contribution is 9.25. The van der Waals surface area contributed by atoms with Gasteiger partial charge in [0.25, 0.3) is 0 Å². The van der Waals surface area contributed by atoms with Gasteiger partial charge in [0.1, 0.15) is 0 Å². The molecule has 0 saturated carbocycles. The molecule has 128 valence electrons. The highest BCUT2D eigenvalue weighted by Crippen LogP contribution is 2.67. The molecule has 0 fully saturated rings. The van der Waals surface area contributed by atoms with E-state index < -0.39 is 24.6 Å². The maximum absolute atomic E-state index is 12.5. The lowest BCUT2D eigenvalue weighted by Crippen LogP contribution is -2.39. The fraction of sp³-hybridized carbons (Fsp3) is 1.00. The van der Waals surface area contributed by atoms with Crippen molar-refractivity contribution in [2.75, 3.05) is 10.7 Å². The maximum atomic E-state index is 12.5. The topological polar surface area (TPSA) is 35.5 Å². The molecule has 0 aliphatic heterocycles. The fourth-order valence-corrected chi connectivity index (χ4v) is 8.54. The van der Waals surface area contributed by atoms with Crippen molar-refractivity contribution in [1.29, 1.82) is 0 Å². The lowest BCUT2D eigenvalue weighted by molar-refractivity contribution is 0.0886. The van der Waals surface area contributed by atoms with Gasteiger partial charge in [-0.3, -0.25) is 9.05 Å². The summed E-state index contributed by atoms with van der Waals surface area (Å²) in [5.74, 6) is 0. The summed E-state index contributed by atoms with van der Waals surface area (Å²) in [6.45, 7) is 3.70. The average Bonchev–Trinajstić information content (AvgIpc) is 2.25. The summed E-state index contributed by atoms with van der Waals surface area (Å²) < 4.78 is 21.3. The number of halogens is 7. The second-order valence-corrected chi connectivity index (χ2v) is 15.9. The normalized spacial score (nSPS) is 15.4. The van der Waals surface area contributed by atoms with Gasteiger partial charge in [-0.15, -0.1) is 0 Å². The lowest BCUT2D eigenvalue weighted by Gasteiger charge is -2.40. The minimum Gasteiger partial charge on any atom is -0.267 e. The number of alkyl halides is 6. The van der Waals surface area contributed by atoms with Crippen LogP contribution in [-0.4, -0.2) is 17.5 Å². The lowest BCUT2D eigenvalue weighted by atomic mass is 9.98. The van der Waals surface area contributed by atoms with E-state index in [2.05, 4.69) is 95.6 Å². The first-order valence-electron chi connectivity index (χ1n) is 5.62. The van der Waals surface area contributed by atoms with Crippen LogP contribution in [0.15, 0.2) is 0 Å². The summed E-state index contributed by atoms with van der Waals surface area (Å²) in [6.07, 6.45) is 0. The molecular formula is C10H16Br6ClO3P. The van der Waals surface area contributed by atoms with Crippen molar-refractivity contribution in [2.24, 2.45) is 10.8 Å². The fourth-order valence-electron chi connectivity index (χ4n) is 0.695. The smallest absolute Gasteiger partial charge is 0.267 e. The van der Waals surface area contributed by atoms with Gasteiger partial charge in [0.05, 0.1) is 0 Å². The molecule has 0 N–H and O–H groups in total. The van der Waals surface area contributed by atoms with Crippen molar-refractivity contribution in [3.05, 3.63) is 0 Å². The molecule has 0 aliphatic carbocycles. The molecule has 0 aromatic rings. The molecule has 0 aromatic carbocycles. The van der Waals surface area contributed by atoms with Crippen molar-refractivity contribution >= 4 is 114 Å². The van der Waals surface area contributed by atoms with Gasteiger partial charge >= 0.3 is 6.95 Å². The molecule has 0 heterocycles. The monoisotopic (exact) mass is 724 g/mol. The molecule has 0 saturated heterocycles. The Kier molecular flexibility index (Phi) is 9.66. The Hall–Kier alpha value is 3.32. The molecular weight excluding hydrogens is 714 g/mol. The third-order valence-corrected chi connectivity index (χ3v) is 12.8. The molecule has 0 atom stereocenters. The molecule has 0 rings (SSSR count). The van der Waals surface area contributed by atoms with E-state index in [-0.39, 0.29) is 0 Å². The predicted molar refractivity (Wildman–Crippen MR) is 112 cm³/mol. The quantitative estimate of drug-likeness (QED) is 0.187. The number of hydrogen-bond acceptors (Lipinski definition) is 3. The van der Waals surface area contributed by atoms with E-state index in [0.717, 1.165) is 0 Å². The van der Waals surface area contributed by atoms with Crippen LogP contribution in [0.3, 0.4) is 0 Å². The Morgan fingerprint density at radius 3 is 1.29 bits per heavy atom. The molecule has 21 heavy (non-hydrogen) atoms. The first-order chi connectivity index (χ1) is 9.04. The number of hydrogen-bond donors (Lipinski definition) is 0. The standard InChI is InChI=1S/C10H16Br6ClO3P/c1-7(2,5-11)9(13,14)19-21(17,18)20-10(15,16)8(3,4)6-12/h5-6H2,1-4H3. The molecule has 0 amide bonds. The van der Waals surface area contributed by atoms with Gasteiger partial charge in [-0.2, -0.15) is 0 Å². The number of rotatable bonds is 8. The van der Waals surface area contributed by atoms with Crippen molar-refractivity contribution in [1.82, 2.24) is 0 Å². The van der Waals surface area contributed by atoms with E-state index in [0.29, 0.717) is 10.7 Å². The molecule has 0 spiro atoms. The molecule has 0 aromatic heterocycles. The van der Waals surface area contributed by atoms with E-state index in [1.807, 2.05) is 27.7 Å². The Morgan fingerprint density at radius 1 is 0.857 bits per heavy atom. The summed E-state index contributed by atoms with van der Waals surface area (Å²) in [4.78, 5) is 0. The average molecular weight is 730 g/mol. The van der Waals surface area contributed by atoms with Crippen LogP contribution in [0.4, 0.5) is 0 Å². The van der Waals surface area contributed by atoms with Crippen LogP contribution < -0.4 is 0 Å². The zero-order valence-corrected chi connectivity index (χ0v) is 22.9. The summed E-state index contributed by atoms with van der Waals surface area (Å²) in [5.41, 5.74) is -0.903. The van der Waals surface area contributed by atoms with Gasteiger partial charge < -0.3 is 0 Å². The van der Waals surface area contributed by atoms with Crippen LogP contribution in [0.2, 0.25) is 0 Å². The van der Waals surface area contributed by atoms with Crippen LogP contribution in [0, 0.1) is 10.8 Å². The minimum atomic E-state index is -3.91. The van der Waals surface area contributed by atoms with Gasteiger partial charge in [0, 0.05) is 32.7 Å². The highest BCUT2D eigenvalue weighted by Gasteiger charge is 2.51. The maximum Gasteiger partial charge on any atom is 0.428 e. The zero-order chi connectivity index (χ0) is 17.3. The zero-order valence-electron chi connectivity index (χ0n) is 11.7. The Bertz CT molecular complexity index is 382. The first-order valence-corrected chi connectivity index (χ1v) is 13.5. The molecule has 0 aliphatic rings. The van der Waals surface area contributed by atoms with Crippen LogP contribution >= 0.6 is 114 Å². The third-order valence-electron chi connectivity index (χ3n) is 2.69. The van der Waals surface area contributed by atoms with Crippen LogP contribution in [0.1, 0.15) is 27.7 Å². The molecule has 0 unspecified atom stereocenters. The van der Waals surface area contributed by atoms with Gasteiger partial charge in [-0.05, 0) is 63.7 Å². The Balaban J connectivity index is 5.23. The van der Waals surface area contributed by atoms with Gasteiger partial charge in [0.15, 0.2) is 6.84 Å². The Labute approximate surface area is 181 Å². The van der Waals surface area contributed by atoms with E-state index in [4.69, 9.17) is 20.3 Å². The SMILES string of the molecule is CC(C)(CBr)C(Br)(Br)OP(=O)(Cl)OC(Br)(Br)C(C)(C)CBr. The van der Waals surface area contributed by atoms with Crippen LogP contribution in [0.25, 0.3) is 0 Å². The molecule has 3 nitrogen and oxygen atoms in total. The van der Waals surface area contributed by atoms with Crippen molar-refractivity contribution < 1.29 is 13.6 Å². The second-order valence-electron chi connectivity index (χ2n) is 5.68. The largest absolute Gasteiger partial charge is 0.428 e. The van der Waals surface area contributed by atoms with Gasteiger partial charge in [-0.1, -0.05) is 59.6 Å². The third kappa shape index (κ3) is 6.86. The van der Waals surface area contributed by atoms with Crippen LogP contribution in [0.5, 0.6) is 0 Å². The summed E-state index contributed by atoms with van der Waals surface area (Å²) in [6, 6.07) is 0. The van der Waals surface area contributed by atoms with E-state index >= 15 is 0 Å². The van der Waals surface area contributed by atoms with Crippen molar-refractivity contribution in [2.45, 2.75) is 34.5 Å². The highest BCUT2D eigenvalue weighted by atomic mass is 79.9. The second kappa shape index (κ2) is 8.34. The summed E-state index contributed by atoms with van der Waals surface area (Å²) >= 11 is 26.2. The first kappa shape index (κ1) is 24.3. The van der Waals surface area contributed by atoms with E-state index in [1.165, 1.54) is 0 Å². The van der Waals surface area contributed by atoms with Crippen molar-refractivity contribution in [3.8, 4) is 0 Å². The summed E-state index contributed by atoms with van der Waals surface area (Å²) in [5, 5.41) is 1.15. The van der Waals surface area contributed by atoms with E-state index in [1.54, 1.807) is 0 Å². The Morgan fingerprint density at radius 2 is 1.10 bits per heavy atom. The van der Waals surface area contributed by atoms with Gasteiger partial charge in [-0.25, -0.2) is 4.57 Å². The van der Waals surface area contributed by atoms with Gasteiger partial charge in [0.2, 0.25) is 0 Å². The van der Waals surface area contributed by atoms with Crippen LogP contribution in [-0.2, 0) is 13.6 Å². The van der Waals surface area contributed by atoms with E-state index in [9.17, 15) is 4.57 Å². The minimum absolute atomic E-state index is 0.451. The summed E-state index contributed by atoms with van der Waals surface area (Å²) in [7, 11) is 0. The molecule has 0 radical (unpaired) electrons.